The number of hydrogen-bond acceptors (Lipinski definition) is 6. The molecule has 1 atom stereocenters. The van der Waals surface area contributed by atoms with Gasteiger partial charge in [-0.3, -0.25) is 4.79 Å². The Morgan fingerprint density at radius 3 is 2.67 bits per heavy atom. The van der Waals surface area contributed by atoms with Gasteiger partial charge in [-0.25, -0.2) is 4.98 Å². The third-order valence-corrected chi connectivity index (χ3v) is 5.28. The minimum absolute atomic E-state index is 0.236. The summed E-state index contributed by atoms with van der Waals surface area (Å²) in [6, 6.07) is 9.57. The van der Waals surface area contributed by atoms with E-state index in [2.05, 4.69) is 25.3 Å². The van der Waals surface area contributed by atoms with Crippen molar-refractivity contribution in [2.75, 3.05) is 6.54 Å². The van der Waals surface area contributed by atoms with Crippen LogP contribution >= 0.6 is 0 Å². The first-order valence-corrected chi connectivity index (χ1v) is 10.3. The molecule has 1 aromatic carbocycles. The minimum Gasteiger partial charge on any atom is -0.338 e. The van der Waals surface area contributed by atoms with Crippen molar-refractivity contribution in [2.45, 2.75) is 53.2 Å². The maximum Gasteiger partial charge on any atom is 0.272 e. The van der Waals surface area contributed by atoms with Crippen molar-refractivity contribution in [3.05, 3.63) is 53.4 Å². The summed E-state index contributed by atoms with van der Waals surface area (Å²) in [4.78, 5) is 22.5. The van der Waals surface area contributed by atoms with E-state index in [0.29, 0.717) is 24.0 Å². The van der Waals surface area contributed by atoms with Gasteiger partial charge in [-0.2, -0.15) is 4.98 Å². The second-order valence-corrected chi connectivity index (χ2v) is 8.73. The molecule has 1 amide bonds. The molecular weight excluding hydrogens is 380 g/mol. The van der Waals surface area contributed by atoms with Gasteiger partial charge in [0.1, 0.15) is 11.9 Å². The van der Waals surface area contributed by atoms with Crippen molar-refractivity contribution >= 4 is 5.91 Å². The van der Waals surface area contributed by atoms with E-state index in [0.717, 1.165) is 36.6 Å². The number of rotatable bonds is 4. The smallest absolute Gasteiger partial charge is 0.272 e. The molecule has 8 nitrogen and oxygen atoms in total. The highest BCUT2D eigenvalue weighted by Crippen LogP contribution is 2.33. The largest absolute Gasteiger partial charge is 0.338 e. The van der Waals surface area contributed by atoms with E-state index in [9.17, 15) is 4.79 Å². The molecule has 1 aliphatic rings. The average Bonchev–Trinajstić information content (AvgIpc) is 3.21. The van der Waals surface area contributed by atoms with E-state index >= 15 is 0 Å². The number of carbonyl (C=O) groups excluding carboxylic acids is 1. The molecule has 30 heavy (non-hydrogen) atoms. The zero-order chi connectivity index (χ0) is 21.3. The van der Waals surface area contributed by atoms with Crippen LogP contribution in [0.2, 0.25) is 0 Å². The summed E-state index contributed by atoms with van der Waals surface area (Å²) < 4.78 is 7.54. The normalized spacial score (nSPS) is 15.3. The third kappa shape index (κ3) is 4.00. The van der Waals surface area contributed by atoms with Crippen molar-refractivity contribution in [1.82, 2.24) is 30.3 Å². The van der Waals surface area contributed by atoms with Gasteiger partial charge in [0.25, 0.3) is 5.91 Å². The van der Waals surface area contributed by atoms with Crippen molar-refractivity contribution < 1.29 is 9.32 Å². The minimum atomic E-state index is -0.428. The Labute approximate surface area is 176 Å². The van der Waals surface area contributed by atoms with E-state index in [1.807, 2.05) is 51.1 Å². The molecule has 0 spiro atoms. The first-order valence-electron chi connectivity index (χ1n) is 10.3. The number of aromatic nitrogens is 4. The lowest BCUT2D eigenvalue weighted by Gasteiger charge is -2.28. The molecule has 3 aromatic rings. The number of aryl methyl sites for hydroxylation is 1. The summed E-state index contributed by atoms with van der Waals surface area (Å²) in [6.45, 7) is 10.2. The Kier molecular flexibility index (Phi) is 5.42. The van der Waals surface area contributed by atoms with Gasteiger partial charge in [-0.05, 0) is 25.3 Å². The summed E-state index contributed by atoms with van der Waals surface area (Å²) >= 11 is 0. The molecule has 3 heterocycles. The van der Waals surface area contributed by atoms with E-state index in [1.165, 1.54) is 0 Å². The monoisotopic (exact) mass is 408 g/mol. The van der Waals surface area contributed by atoms with Crippen LogP contribution in [0.15, 0.2) is 34.9 Å². The molecular formula is C22H28N6O2. The molecule has 0 aliphatic carbocycles. The van der Waals surface area contributed by atoms with Crippen molar-refractivity contribution in [3.63, 3.8) is 0 Å². The molecule has 2 aromatic heterocycles. The summed E-state index contributed by atoms with van der Waals surface area (Å²) in [5.74, 6) is 1.53. The number of hydrogen-bond donors (Lipinski definition) is 2. The number of benzene rings is 1. The summed E-state index contributed by atoms with van der Waals surface area (Å²) in [5.41, 5.74) is 2.03. The van der Waals surface area contributed by atoms with Crippen LogP contribution < -0.4 is 10.6 Å². The molecule has 0 saturated heterocycles. The van der Waals surface area contributed by atoms with Crippen LogP contribution in [0.3, 0.4) is 0 Å². The summed E-state index contributed by atoms with van der Waals surface area (Å²) in [7, 11) is 0. The van der Waals surface area contributed by atoms with E-state index < -0.39 is 6.04 Å². The molecule has 0 radical (unpaired) electrons. The number of nitrogens with one attached hydrogen (secondary N) is 2. The highest BCUT2D eigenvalue weighted by Gasteiger charge is 2.34. The molecule has 158 valence electrons. The molecule has 0 saturated carbocycles. The van der Waals surface area contributed by atoms with Crippen LogP contribution in [0.5, 0.6) is 0 Å². The number of amides is 1. The van der Waals surface area contributed by atoms with Crippen LogP contribution in [0.1, 0.15) is 61.1 Å². The molecule has 0 unspecified atom stereocenters. The number of nitrogens with zero attached hydrogens (tertiary/aromatic N) is 4. The SMILES string of the molecule is Cc1noc([C@@H](NC(=O)c2nc(-c3ccccc3)n3c2CNCCC3)C(C)(C)C)n1. The standard InChI is InChI=1S/C22H28N6O2/c1-14-24-21(30-27-14)18(22(2,3)4)26-20(29)17-16-13-23-11-8-12-28(16)19(25-17)15-9-6-5-7-10-15/h5-7,9-10,18,23H,8,11-13H2,1-4H3,(H,26,29)/t18-/m1/s1. The maximum absolute atomic E-state index is 13.4. The highest BCUT2D eigenvalue weighted by atomic mass is 16.5. The van der Waals surface area contributed by atoms with Crippen LogP contribution in [-0.4, -0.2) is 32.1 Å². The maximum atomic E-state index is 13.4. The molecule has 4 rings (SSSR count). The van der Waals surface area contributed by atoms with Crippen LogP contribution in [0.4, 0.5) is 0 Å². The fourth-order valence-corrected chi connectivity index (χ4v) is 3.74. The first-order chi connectivity index (χ1) is 14.3. The Morgan fingerprint density at radius 1 is 1.23 bits per heavy atom. The van der Waals surface area contributed by atoms with Gasteiger partial charge in [-0.15, -0.1) is 0 Å². The van der Waals surface area contributed by atoms with Gasteiger partial charge in [-0.1, -0.05) is 56.3 Å². The van der Waals surface area contributed by atoms with E-state index in [1.54, 1.807) is 6.92 Å². The van der Waals surface area contributed by atoms with Crippen LogP contribution in [-0.2, 0) is 13.1 Å². The average molecular weight is 409 g/mol. The summed E-state index contributed by atoms with van der Waals surface area (Å²) in [5, 5.41) is 10.4. The number of carbonyl (C=O) groups is 1. The second kappa shape index (κ2) is 8.02. The van der Waals surface area contributed by atoms with Gasteiger partial charge in [0.2, 0.25) is 5.89 Å². The summed E-state index contributed by atoms with van der Waals surface area (Å²) in [6.07, 6.45) is 0.982. The van der Waals surface area contributed by atoms with Gasteiger partial charge in [0.05, 0.1) is 5.69 Å². The molecule has 0 fully saturated rings. The quantitative estimate of drug-likeness (QED) is 0.688. The Balaban J connectivity index is 1.72. The lowest BCUT2D eigenvalue weighted by Crippen LogP contribution is -2.37. The van der Waals surface area contributed by atoms with E-state index in [-0.39, 0.29) is 11.3 Å². The van der Waals surface area contributed by atoms with Crippen molar-refractivity contribution in [3.8, 4) is 11.4 Å². The number of fused-ring (bicyclic) bond motifs is 1. The zero-order valence-electron chi connectivity index (χ0n) is 17.9. The first kappa shape index (κ1) is 20.3. The molecule has 1 aliphatic heterocycles. The van der Waals surface area contributed by atoms with Crippen LogP contribution in [0.25, 0.3) is 11.4 Å². The van der Waals surface area contributed by atoms with Gasteiger partial charge in [0, 0.05) is 18.7 Å². The Morgan fingerprint density at radius 2 is 2.00 bits per heavy atom. The topological polar surface area (TPSA) is 97.9 Å². The van der Waals surface area contributed by atoms with Crippen molar-refractivity contribution in [2.24, 2.45) is 5.41 Å². The van der Waals surface area contributed by atoms with Crippen LogP contribution in [0, 0.1) is 12.3 Å². The molecule has 8 heteroatoms. The van der Waals surface area contributed by atoms with E-state index in [4.69, 9.17) is 9.51 Å². The van der Waals surface area contributed by atoms with Crippen molar-refractivity contribution in [1.29, 1.82) is 0 Å². The fraction of sp³-hybridized carbons (Fsp3) is 0.455. The van der Waals surface area contributed by atoms with Gasteiger partial charge >= 0.3 is 0 Å². The highest BCUT2D eigenvalue weighted by molar-refractivity contribution is 5.94. The fourth-order valence-electron chi connectivity index (χ4n) is 3.74. The third-order valence-electron chi connectivity index (χ3n) is 5.28. The Bertz CT molecular complexity index is 1030. The predicted molar refractivity (Wildman–Crippen MR) is 113 cm³/mol. The lowest BCUT2D eigenvalue weighted by molar-refractivity contribution is 0.0875. The Hall–Kier alpha value is -3.00. The number of imidazole rings is 1. The molecule has 2 N–H and O–H groups in total. The predicted octanol–water partition coefficient (Wildman–Crippen LogP) is 3.25. The molecule has 0 bridgehead atoms. The lowest BCUT2D eigenvalue weighted by atomic mass is 9.86. The van der Waals surface area contributed by atoms with Gasteiger partial charge in [0.15, 0.2) is 11.5 Å². The second-order valence-electron chi connectivity index (χ2n) is 8.73. The van der Waals surface area contributed by atoms with Gasteiger partial charge < -0.3 is 19.7 Å². The zero-order valence-corrected chi connectivity index (χ0v) is 17.9.